The molecule has 0 saturated heterocycles. The van der Waals surface area contributed by atoms with E-state index in [9.17, 15) is 112 Å². The van der Waals surface area contributed by atoms with Crippen molar-refractivity contribution in [3.05, 3.63) is 18.2 Å². The van der Waals surface area contributed by atoms with E-state index >= 15 is 0 Å². The molecule has 0 spiro atoms. The molecule has 1 unspecified atom stereocenters. The number of aliphatic hydroxyl groups excluding tert-OH is 3. The molecule has 0 bridgehead atoms. The number of ether oxygens (including phenoxy) is 4. The van der Waals surface area contributed by atoms with Crippen LogP contribution < -0.4 is 86.0 Å². The number of hydrogen-bond donors (Lipinski definition) is 23. The number of primary amides is 2. The van der Waals surface area contributed by atoms with Crippen molar-refractivity contribution in [2.45, 2.75) is 229 Å². The van der Waals surface area contributed by atoms with Crippen molar-refractivity contribution in [1.82, 2.24) is 89.4 Å². The lowest BCUT2D eigenvalue weighted by molar-refractivity contribution is -0.143. The molecule has 1 rings (SSSR count). The highest BCUT2D eigenvalue weighted by Crippen LogP contribution is 2.15. The summed E-state index contributed by atoms with van der Waals surface area (Å²) < 4.78 is 21.4. The number of aromatic nitrogens is 2. The number of carbonyl (C=O) groups is 18. The maximum absolute atomic E-state index is 14.1. The first-order chi connectivity index (χ1) is 59.2. The number of aromatic amines is 1. The Bertz CT molecular complexity index is 3440. The summed E-state index contributed by atoms with van der Waals surface area (Å²) >= 11 is 0. The van der Waals surface area contributed by atoms with Crippen LogP contribution in [-0.4, -0.2) is 326 Å². The third-order valence-electron chi connectivity index (χ3n) is 18.4. The number of carboxylic acids is 2. The zero-order chi connectivity index (χ0) is 92.4. The molecule has 702 valence electrons. The molecule has 48 heteroatoms. The van der Waals surface area contributed by atoms with E-state index in [1.807, 2.05) is 13.8 Å². The molecule has 9 atom stereocenters. The Morgan fingerprint density at radius 2 is 0.871 bits per heavy atom. The lowest BCUT2D eigenvalue weighted by atomic mass is 10.0. The highest BCUT2D eigenvalue weighted by Gasteiger charge is 2.35. The van der Waals surface area contributed by atoms with Gasteiger partial charge >= 0.3 is 11.9 Å². The largest absolute Gasteiger partial charge is 0.480 e. The molecule has 0 fully saturated rings. The second kappa shape index (κ2) is 68.4. The average molecular weight is 1770 g/mol. The van der Waals surface area contributed by atoms with Crippen LogP contribution in [0.5, 0.6) is 0 Å². The Morgan fingerprint density at radius 3 is 1.34 bits per heavy atom. The number of Topliss-reactive ketones (excluding diaryl/α,β-unsaturated/α-hetero) is 1. The highest BCUT2D eigenvalue weighted by molar-refractivity contribution is 5.98. The molecule has 124 heavy (non-hydrogen) atoms. The van der Waals surface area contributed by atoms with E-state index in [0.29, 0.717) is 32.4 Å². The molecule has 48 nitrogen and oxygen atoms in total. The summed E-state index contributed by atoms with van der Waals surface area (Å²) in [5, 5.41) is 82.7. The minimum Gasteiger partial charge on any atom is -0.480 e. The standard InChI is InChI=1S/C76H131N21O27/c1-4-5-20-52(50(3)101)89-73(117)56(38-84-65(107)40-97(41-68(110)111)42-69(112)113)87-63(105)26-27-83-70(114)55(36-51-37-80-48-86-51)92-71(115)53(22-24-60(77)102)91-75(119)58(44-99)94-76(120)59(45-100)93-72(116)54(23-25-61(78)103)90-74(118)57(43-98)88-64(106)39-85-67(109)47-124-35-33-122-31-29-82-66(108)46-123-34-32-121-30-28-81-62(104)21-18-16-14-12-10-8-6-7-9-11-13-15-17-19-49(2)95-96-79/h37,48-49,52-59,98-100H,4-36,38-47H2,1-3H3,(H2,77,102)(H2,78,103)(H2,79,95)(H,80,86)(H,81,104)(H,82,108)(H,83,114)(H,84,107)(H,85,109)(H,87,105)(H,88,106)(H,89,117)(H,90,118)(H,91,119)(H,92,115)(H,93,116)(H,94,120)(H,110,111)(H,112,113)/t49?,52-,53-,54-,55-,56-,57+,58-,59-/m0/s1. The van der Waals surface area contributed by atoms with Crippen molar-refractivity contribution in [2.75, 3.05) is 125 Å². The zero-order valence-electron chi connectivity index (χ0n) is 71.0. The Balaban J connectivity index is 2.73. The normalized spacial score (nSPS) is 13.2. The molecular weight excluding hydrogens is 1640 g/mol. The number of carboxylic acid groups (broad SMARTS) is 2. The first-order valence-electron chi connectivity index (χ1n) is 41.5. The zero-order valence-corrected chi connectivity index (χ0v) is 71.0. The van der Waals surface area contributed by atoms with Gasteiger partial charge in [0.1, 0.15) is 55.5 Å². The van der Waals surface area contributed by atoms with Gasteiger partial charge in [-0.25, -0.2) is 4.98 Å². The Labute approximate surface area is 718 Å². The molecular formula is C76H131N21O27. The van der Waals surface area contributed by atoms with Crippen LogP contribution in [0.2, 0.25) is 0 Å². The van der Waals surface area contributed by atoms with Gasteiger partial charge < -0.3 is 130 Å². The van der Waals surface area contributed by atoms with E-state index in [-0.39, 0.29) is 76.7 Å². The lowest BCUT2D eigenvalue weighted by Crippen LogP contribution is -2.61. The van der Waals surface area contributed by atoms with Gasteiger partial charge in [-0.3, -0.25) is 96.6 Å². The molecule has 1 heterocycles. The monoisotopic (exact) mass is 1770 g/mol. The van der Waals surface area contributed by atoms with Gasteiger partial charge in [0.05, 0.1) is 104 Å². The van der Waals surface area contributed by atoms with Crippen LogP contribution in [-0.2, 0) is 112 Å². The number of nitrogens with one attached hydrogen (secondary N) is 16. The molecule has 1 aromatic rings. The molecule has 0 aliphatic rings. The first-order valence-corrected chi connectivity index (χ1v) is 41.5. The predicted molar refractivity (Wildman–Crippen MR) is 438 cm³/mol. The van der Waals surface area contributed by atoms with E-state index in [1.165, 1.54) is 77.2 Å². The van der Waals surface area contributed by atoms with Crippen molar-refractivity contribution in [2.24, 2.45) is 16.7 Å². The third-order valence-corrected chi connectivity index (χ3v) is 18.4. The average Bonchev–Trinajstić information content (AvgIpc) is 1.21. The lowest BCUT2D eigenvalue weighted by Gasteiger charge is -2.26. The fraction of sp³-hybridized carbons (Fsp3) is 0.724. The number of unbranched alkanes of at least 4 members (excludes halogenated alkanes) is 13. The quantitative estimate of drug-likeness (QED) is 0.0164. The van der Waals surface area contributed by atoms with Crippen molar-refractivity contribution in [3.8, 4) is 0 Å². The van der Waals surface area contributed by atoms with E-state index in [1.54, 1.807) is 0 Å². The van der Waals surface area contributed by atoms with Gasteiger partial charge in [-0.05, 0) is 46.0 Å². The fourth-order valence-electron chi connectivity index (χ4n) is 11.6. The van der Waals surface area contributed by atoms with Crippen molar-refractivity contribution >= 4 is 106 Å². The number of nitrogens with zero attached hydrogens (tertiary/aromatic N) is 3. The van der Waals surface area contributed by atoms with Crippen molar-refractivity contribution in [1.29, 1.82) is 5.53 Å². The van der Waals surface area contributed by atoms with Crippen LogP contribution in [0.1, 0.15) is 174 Å². The number of H-pyrrole nitrogens is 1. The number of aliphatic hydroxyl groups is 3. The second-order valence-electron chi connectivity index (χ2n) is 29.0. The molecule has 0 aliphatic carbocycles. The number of nitrogens with two attached hydrogens (primary N) is 2. The molecule has 0 saturated carbocycles. The van der Waals surface area contributed by atoms with Gasteiger partial charge in [0.2, 0.25) is 88.6 Å². The van der Waals surface area contributed by atoms with E-state index in [0.717, 1.165) is 37.0 Å². The van der Waals surface area contributed by atoms with Crippen molar-refractivity contribution in [3.63, 3.8) is 0 Å². The maximum Gasteiger partial charge on any atom is 0.317 e. The predicted octanol–water partition coefficient (Wildman–Crippen LogP) is -6.60. The molecule has 0 radical (unpaired) electrons. The summed E-state index contributed by atoms with van der Waals surface area (Å²) in [6.07, 6.45) is 17.5. The van der Waals surface area contributed by atoms with Gasteiger partial charge in [0.25, 0.3) is 0 Å². The molecule has 1 aromatic heterocycles. The maximum atomic E-state index is 14.1. The van der Waals surface area contributed by atoms with Crippen LogP contribution in [0.4, 0.5) is 0 Å². The smallest absolute Gasteiger partial charge is 0.317 e. The number of rotatable bonds is 77. The summed E-state index contributed by atoms with van der Waals surface area (Å²) in [5.74, 6) is -17.8. The van der Waals surface area contributed by atoms with Crippen LogP contribution in [0.25, 0.3) is 0 Å². The van der Waals surface area contributed by atoms with E-state index < -0.39 is 247 Å². The fourth-order valence-corrected chi connectivity index (χ4v) is 11.6. The Hall–Kier alpha value is -11.0. The summed E-state index contributed by atoms with van der Waals surface area (Å²) in [6.45, 7) is -2.48. The minimum atomic E-state index is -2.02. The number of ketones is 1. The van der Waals surface area contributed by atoms with Crippen LogP contribution >= 0.6 is 0 Å². The molecule has 25 N–H and O–H groups in total. The van der Waals surface area contributed by atoms with Crippen LogP contribution in [0.3, 0.4) is 0 Å². The summed E-state index contributed by atoms with van der Waals surface area (Å²) in [6, 6.07) is -13.4. The third kappa shape index (κ3) is 55.9. The molecule has 0 aromatic carbocycles. The first kappa shape index (κ1) is 111. The van der Waals surface area contributed by atoms with Crippen LogP contribution in [0, 0.1) is 5.53 Å². The Morgan fingerprint density at radius 1 is 0.435 bits per heavy atom. The van der Waals surface area contributed by atoms with Gasteiger partial charge in [-0.1, -0.05) is 102 Å². The second-order valence-corrected chi connectivity index (χ2v) is 29.0. The van der Waals surface area contributed by atoms with Gasteiger partial charge in [0.15, 0.2) is 5.78 Å². The SMILES string of the molecule is CCCC[C@H](NC(=O)[C@H](CNC(=O)CN(CC(=O)O)CC(=O)O)NC(=O)CCNC(=O)[C@H](Cc1c[nH]cn1)NC(=O)[C@H](CCC(N)=O)NC(=O)[C@H](CO)NC(=O)[C@H](CO)NC(=O)[C@H](CCC(N)=O)NC(=O)[C@@H](CO)NC(=O)CNC(=O)COCCOCCNC(=O)COCCOCCNC(=O)CCCCCCCCCCCCCCCC(C)NN=N)C(C)=O. The van der Waals surface area contributed by atoms with Gasteiger partial charge in [-0.2, -0.15) is 5.53 Å². The minimum absolute atomic E-state index is 0.00566. The number of hydrogen-bond acceptors (Lipinski definition) is 29. The van der Waals surface area contributed by atoms with E-state index in [4.69, 9.17) is 35.9 Å². The number of carbonyl (C=O) groups excluding carboxylic acids is 16. The topological polar surface area (TPSA) is 734 Å². The summed E-state index contributed by atoms with van der Waals surface area (Å²) in [4.78, 5) is 238. The van der Waals surface area contributed by atoms with Crippen molar-refractivity contribution < 1.29 is 131 Å². The molecule has 0 aliphatic heterocycles. The summed E-state index contributed by atoms with van der Waals surface area (Å²) in [7, 11) is 0. The highest BCUT2D eigenvalue weighted by atomic mass is 16.5. The number of imidazole rings is 1. The van der Waals surface area contributed by atoms with Gasteiger partial charge in [0, 0.05) is 70.5 Å². The van der Waals surface area contributed by atoms with Crippen LogP contribution in [0.15, 0.2) is 17.7 Å². The number of aliphatic carboxylic acids is 2. The number of amides is 15. The van der Waals surface area contributed by atoms with Gasteiger partial charge in [-0.15, -0.1) is 0 Å². The molecule has 15 amide bonds. The Kier molecular flexibility index (Phi) is 61.2. The van der Waals surface area contributed by atoms with E-state index in [2.05, 4.69) is 89.7 Å². The summed E-state index contributed by atoms with van der Waals surface area (Å²) in [5.41, 5.74) is 20.4.